The molecule has 0 amide bonds. The van der Waals surface area contributed by atoms with Crippen LogP contribution in [0, 0.1) is 0 Å². The van der Waals surface area contributed by atoms with E-state index in [0.29, 0.717) is 11.3 Å². The van der Waals surface area contributed by atoms with E-state index >= 15 is 0 Å². The lowest BCUT2D eigenvalue weighted by atomic mass is 10.1. The number of unbranched alkanes of at least 4 members (excludes halogenated alkanes) is 1. The van der Waals surface area contributed by atoms with Gasteiger partial charge in [0.1, 0.15) is 0 Å². The van der Waals surface area contributed by atoms with Crippen LogP contribution in [0.4, 0.5) is 11.4 Å². The first-order valence-corrected chi connectivity index (χ1v) is 5.90. The Hall–Kier alpha value is -1.75. The lowest BCUT2D eigenvalue weighted by Gasteiger charge is -2.11. The minimum atomic E-state index is -0.421. The number of hydrogen-bond donors (Lipinski definition) is 2. The zero-order chi connectivity index (χ0) is 13.4. The van der Waals surface area contributed by atoms with Crippen molar-refractivity contribution in [3.63, 3.8) is 0 Å². The van der Waals surface area contributed by atoms with Crippen molar-refractivity contribution < 1.29 is 14.3 Å². The summed E-state index contributed by atoms with van der Waals surface area (Å²) in [6.45, 7) is 1.54. The zero-order valence-electron chi connectivity index (χ0n) is 10.9. The number of anilines is 2. The van der Waals surface area contributed by atoms with Gasteiger partial charge in [0.2, 0.25) is 0 Å². The molecule has 100 valence electrons. The Morgan fingerprint density at radius 3 is 2.78 bits per heavy atom. The highest BCUT2D eigenvalue weighted by Crippen LogP contribution is 2.23. The van der Waals surface area contributed by atoms with Crippen LogP contribution in [0.1, 0.15) is 23.2 Å². The molecule has 0 saturated heterocycles. The molecule has 0 radical (unpaired) electrons. The van der Waals surface area contributed by atoms with Crippen molar-refractivity contribution in [1.29, 1.82) is 0 Å². The van der Waals surface area contributed by atoms with Crippen molar-refractivity contribution >= 4 is 17.3 Å². The van der Waals surface area contributed by atoms with Crippen molar-refractivity contribution in [2.45, 2.75) is 12.8 Å². The lowest BCUT2D eigenvalue weighted by molar-refractivity contribution is 0.0602. The number of hydrogen-bond acceptors (Lipinski definition) is 5. The van der Waals surface area contributed by atoms with Crippen LogP contribution in [0.2, 0.25) is 0 Å². The van der Waals surface area contributed by atoms with E-state index in [1.54, 1.807) is 19.2 Å². The Morgan fingerprint density at radius 2 is 2.11 bits per heavy atom. The van der Waals surface area contributed by atoms with Gasteiger partial charge in [0.15, 0.2) is 0 Å². The summed E-state index contributed by atoms with van der Waals surface area (Å²) in [4.78, 5) is 11.5. The van der Waals surface area contributed by atoms with Gasteiger partial charge in [-0.2, -0.15) is 0 Å². The molecule has 18 heavy (non-hydrogen) atoms. The van der Waals surface area contributed by atoms with Crippen molar-refractivity contribution in [2.75, 3.05) is 38.4 Å². The number of esters is 1. The average molecular weight is 252 g/mol. The first-order chi connectivity index (χ1) is 8.70. The number of methoxy groups -OCH3 is 2. The van der Waals surface area contributed by atoms with Gasteiger partial charge in [-0.3, -0.25) is 0 Å². The van der Waals surface area contributed by atoms with E-state index < -0.39 is 5.97 Å². The summed E-state index contributed by atoms with van der Waals surface area (Å²) < 4.78 is 9.64. The Bertz CT molecular complexity index is 394. The summed E-state index contributed by atoms with van der Waals surface area (Å²) in [5.41, 5.74) is 7.49. The van der Waals surface area contributed by atoms with Crippen molar-refractivity contribution in [1.82, 2.24) is 0 Å². The molecule has 0 aliphatic heterocycles. The topological polar surface area (TPSA) is 73.6 Å². The van der Waals surface area contributed by atoms with Gasteiger partial charge in [-0.05, 0) is 25.0 Å². The van der Waals surface area contributed by atoms with Crippen LogP contribution in [-0.2, 0) is 9.47 Å². The molecule has 0 aliphatic rings. The monoisotopic (exact) mass is 252 g/mol. The third kappa shape index (κ3) is 3.92. The fourth-order valence-electron chi connectivity index (χ4n) is 1.60. The van der Waals surface area contributed by atoms with Crippen molar-refractivity contribution in [3.05, 3.63) is 23.8 Å². The maximum atomic E-state index is 11.5. The summed E-state index contributed by atoms with van der Waals surface area (Å²) in [5.74, 6) is -0.421. The molecular formula is C13H20N2O3. The Kier molecular flexibility index (Phi) is 6.00. The number of nitrogens with two attached hydrogens (primary N) is 1. The quantitative estimate of drug-likeness (QED) is 0.440. The number of rotatable bonds is 7. The minimum absolute atomic E-state index is 0.388. The number of carbonyl (C=O) groups is 1. The van der Waals surface area contributed by atoms with Crippen LogP contribution in [0.15, 0.2) is 18.2 Å². The van der Waals surface area contributed by atoms with Crippen LogP contribution in [0.5, 0.6) is 0 Å². The largest absolute Gasteiger partial charge is 0.465 e. The van der Waals surface area contributed by atoms with Gasteiger partial charge in [0, 0.05) is 20.3 Å². The fourth-order valence-corrected chi connectivity index (χ4v) is 1.60. The van der Waals surface area contributed by atoms with Gasteiger partial charge in [0.25, 0.3) is 0 Å². The molecule has 5 nitrogen and oxygen atoms in total. The summed E-state index contributed by atoms with van der Waals surface area (Å²) in [6, 6.07) is 5.27. The van der Waals surface area contributed by atoms with Gasteiger partial charge in [-0.1, -0.05) is 6.07 Å². The second-order valence-corrected chi connectivity index (χ2v) is 3.89. The molecule has 0 spiro atoms. The molecule has 0 bridgehead atoms. The zero-order valence-corrected chi connectivity index (χ0v) is 10.9. The summed E-state index contributed by atoms with van der Waals surface area (Å²) in [7, 11) is 3.03. The number of carbonyl (C=O) groups excluding carboxylic acids is 1. The third-order valence-corrected chi connectivity index (χ3v) is 2.60. The van der Waals surface area contributed by atoms with Crippen LogP contribution >= 0.6 is 0 Å². The van der Waals surface area contributed by atoms with Gasteiger partial charge < -0.3 is 20.5 Å². The lowest BCUT2D eigenvalue weighted by Crippen LogP contribution is -2.10. The molecule has 0 unspecified atom stereocenters. The maximum absolute atomic E-state index is 11.5. The van der Waals surface area contributed by atoms with Gasteiger partial charge in [0.05, 0.1) is 24.0 Å². The first kappa shape index (κ1) is 14.3. The number of benzene rings is 1. The molecule has 1 aromatic rings. The minimum Gasteiger partial charge on any atom is -0.465 e. The van der Waals surface area contributed by atoms with E-state index in [0.717, 1.165) is 31.7 Å². The van der Waals surface area contributed by atoms with Gasteiger partial charge in [-0.25, -0.2) is 4.79 Å². The smallest absolute Gasteiger partial charge is 0.340 e. The molecular weight excluding hydrogens is 232 g/mol. The van der Waals surface area contributed by atoms with E-state index in [4.69, 9.17) is 10.5 Å². The highest BCUT2D eigenvalue weighted by molar-refractivity contribution is 5.98. The highest BCUT2D eigenvalue weighted by atomic mass is 16.5. The van der Waals surface area contributed by atoms with Crippen molar-refractivity contribution in [2.24, 2.45) is 0 Å². The second-order valence-electron chi connectivity index (χ2n) is 3.89. The van der Waals surface area contributed by atoms with E-state index in [1.807, 2.05) is 6.07 Å². The van der Waals surface area contributed by atoms with Crippen LogP contribution in [0.25, 0.3) is 0 Å². The van der Waals surface area contributed by atoms with Crippen LogP contribution < -0.4 is 11.1 Å². The molecule has 1 rings (SSSR count). The fraction of sp³-hybridized carbons (Fsp3) is 0.462. The molecule has 0 fully saturated rings. The molecule has 0 aliphatic carbocycles. The van der Waals surface area contributed by atoms with Gasteiger partial charge in [-0.15, -0.1) is 0 Å². The molecule has 3 N–H and O–H groups in total. The molecule has 0 heterocycles. The van der Waals surface area contributed by atoms with Crippen LogP contribution in [-0.4, -0.2) is 33.3 Å². The van der Waals surface area contributed by atoms with E-state index in [-0.39, 0.29) is 0 Å². The number of ether oxygens (including phenoxy) is 2. The highest BCUT2D eigenvalue weighted by Gasteiger charge is 2.12. The Balaban J connectivity index is 2.58. The summed E-state index contributed by atoms with van der Waals surface area (Å²) >= 11 is 0. The van der Waals surface area contributed by atoms with E-state index in [1.165, 1.54) is 7.11 Å². The number of para-hydroxylation sites is 1. The number of nitrogens with one attached hydrogen (secondary N) is 1. The van der Waals surface area contributed by atoms with E-state index in [2.05, 4.69) is 10.1 Å². The standard InChI is InChI=1S/C13H20N2O3/c1-17-9-4-3-8-15-11-7-5-6-10(12(11)14)13(16)18-2/h5-7,15H,3-4,8-9,14H2,1-2H3. The third-order valence-electron chi connectivity index (χ3n) is 2.60. The maximum Gasteiger partial charge on any atom is 0.340 e. The number of nitrogen functional groups attached to an aromatic ring is 1. The average Bonchev–Trinajstić information content (AvgIpc) is 2.39. The summed E-state index contributed by atoms with van der Waals surface area (Å²) in [6.07, 6.45) is 1.97. The van der Waals surface area contributed by atoms with E-state index in [9.17, 15) is 4.79 Å². The SMILES string of the molecule is COCCCCNc1cccc(C(=O)OC)c1N. The normalized spacial score (nSPS) is 10.1. The predicted octanol–water partition coefficient (Wildman–Crippen LogP) is 1.89. The molecule has 1 aromatic carbocycles. The molecule has 0 saturated carbocycles. The van der Waals surface area contributed by atoms with Gasteiger partial charge >= 0.3 is 5.97 Å². The summed E-state index contributed by atoms with van der Waals surface area (Å²) in [5, 5.41) is 3.20. The Labute approximate surface area is 107 Å². The molecule has 0 atom stereocenters. The Morgan fingerprint density at radius 1 is 1.33 bits per heavy atom. The van der Waals surface area contributed by atoms with Crippen LogP contribution in [0.3, 0.4) is 0 Å². The molecule has 0 aromatic heterocycles. The first-order valence-electron chi connectivity index (χ1n) is 5.90. The molecule has 5 heteroatoms. The predicted molar refractivity (Wildman–Crippen MR) is 71.8 cm³/mol. The second kappa shape index (κ2) is 7.55. The van der Waals surface area contributed by atoms with Crippen molar-refractivity contribution in [3.8, 4) is 0 Å².